The quantitative estimate of drug-likeness (QED) is 0.789. The fourth-order valence-electron chi connectivity index (χ4n) is 2.08. The predicted octanol–water partition coefficient (Wildman–Crippen LogP) is 1.55. The van der Waals surface area contributed by atoms with Crippen molar-refractivity contribution >= 4 is 35.1 Å². The lowest BCUT2D eigenvalue weighted by Gasteiger charge is -2.26. The Bertz CT molecular complexity index is 574. The van der Waals surface area contributed by atoms with E-state index in [-0.39, 0.29) is 6.61 Å². The van der Waals surface area contributed by atoms with Gasteiger partial charge in [-0.25, -0.2) is 4.79 Å². The molecule has 0 aliphatic carbocycles. The molecule has 1 aliphatic heterocycles. The van der Waals surface area contributed by atoms with Crippen molar-refractivity contribution in [3.8, 4) is 0 Å². The van der Waals surface area contributed by atoms with Crippen molar-refractivity contribution in [3.63, 3.8) is 0 Å². The number of hydrogen-bond donors (Lipinski definition) is 0. The first kappa shape index (κ1) is 15.3. The van der Waals surface area contributed by atoms with Gasteiger partial charge in [0.1, 0.15) is 6.04 Å². The maximum atomic E-state index is 12.3. The maximum absolute atomic E-state index is 12.3. The number of carbonyl (C=O) groups is 3. The first-order valence-corrected chi connectivity index (χ1v) is 6.74. The Morgan fingerprint density at radius 2 is 2.24 bits per heavy atom. The molecular formula is C14H14ClNO5. The van der Waals surface area contributed by atoms with E-state index in [4.69, 9.17) is 21.1 Å². The van der Waals surface area contributed by atoms with Gasteiger partial charge in [0.2, 0.25) is 0 Å². The number of ether oxygens (including phenoxy) is 2. The molecule has 1 unspecified atom stereocenters. The highest BCUT2D eigenvalue weighted by atomic mass is 35.5. The van der Waals surface area contributed by atoms with E-state index in [1.54, 1.807) is 24.3 Å². The Hall–Kier alpha value is -2.08. The first-order chi connectivity index (χ1) is 9.99. The van der Waals surface area contributed by atoms with E-state index < -0.39 is 30.5 Å². The van der Waals surface area contributed by atoms with Crippen molar-refractivity contribution in [2.45, 2.75) is 19.4 Å². The Labute approximate surface area is 126 Å². The number of hydrogen-bond acceptors (Lipinski definition) is 5. The second-order valence-corrected chi connectivity index (χ2v) is 4.93. The lowest BCUT2D eigenvalue weighted by atomic mass is 10.1. The van der Waals surface area contributed by atoms with Crippen LogP contribution in [0.2, 0.25) is 5.02 Å². The van der Waals surface area contributed by atoms with E-state index in [1.165, 1.54) is 11.8 Å². The zero-order valence-electron chi connectivity index (χ0n) is 11.4. The van der Waals surface area contributed by atoms with Crippen molar-refractivity contribution < 1.29 is 23.9 Å². The molecule has 1 heterocycles. The van der Waals surface area contributed by atoms with Crippen molar-refractivity contribution in [2.24, 2.45) is 0 Å². The monoisotopic (exact) mass is 311 g/mol. The molecular weight excluding hydrogens is 298 g/mol. The number of carbonyl (C=O) groups excluding carboxylic acids is 3. The predicted molar refractivity (Wildman–Crippen MR) is 74.9 cm³/mol. The van der Waals surface area contributed by atoms with Gasteiger partial charge < -0.3 is 9.47 Å². The Balaban J connectivity index is 2.27. The fraction of sp³-hybridized carbons (Fsp3) is 0.357. The normalized spacial score (nSPS) is 17.2. The van der Waals surface area contributed by atoms with Crippen LogP contribution in [0.5, 0.6) is 0 Å². The van der Waals surface area contributed by atoms with Crippen molar-refractivity contribution in [1.82, 2.24) is 0 Å². The molecule has 1 aromatic rings. The average molecular weight is 312 g/mol. The van der Waals surface area contributed by atoms with Gasteiger partial charge in [0.05, 0.1) is 6.61 Å². The molecule has 21 heavy (non-hydrogen) atoms. The lowest BCUT2D eigenvalue weighted by molar-refractivity contribution is -0.146. The Morgan fingerprint density at radius 1 is 1.48 bits per heavy atom. The van der Waals surface area contributed by atoms with E-state index in [2.05, 4.69) is 0 Å². The number of esters is 2. The van der Waals surface area contributed by atoms with Crippen molar-refractivity contribution in [2.75, 3.05) is 18.1 Å². The molecule has 2 rings (SSSR count). The highest BCUT2D eigenvalue weighted by Crippen LogP contribution is 2.25. The molecule has 0 N–H and O–H groups in total. The van der Waals surface area contributed by atoms with Gasteiger partial charge in [-0.05, 0) is 18.2 Å². The van der Waals surface area contributed by atoms with Gasteiger partial charge in [-0.1, -0.05) is 17.7 Å². The summed E-state index contributed by atoms with van der Waals surface area (Å²) >= 11 is 5.92. The Morgan fingerprint density at radius 3 is 2.81 bits per heavy atom. The molecule has 6 nitrogen and oxygen atoms in total. The van der Waals surface area contributed by atoms with Gasteiger partial charge in [-0.2, -0.15) is 0 Å². The smallest absolute Gasteiger partial charge is 0.329 e. The number of benzene rings is 1. The average Bonchev–Trinajstić information content (AvgIpc) is 2.83. The van der Waals surface area contributed by atoms with Gasteiger partial charge in [-0.3, -0.25) is 14.5 Å². The van der Waals surface area contributed by atoms with E-state index in [1.807, 2.05) is 0 Å². The van der Waals surface area contributed by atoms with Gasteiger partial charge in [0.15, 0.2) is 6.61 Å². The van der Waals surface area contributed by atoms with Gasteiger partial charge >= 0.3 is 11.9 Å². The number of nitrogens with zero attached hydrogens (tertiary/aromatic N) is 1. The van der Waals surface area contributed by atoms with Crippen LogP contribution in [0, 0.1) is 0 Å². The SMILES string of the molecule is CC(=O)OCC(=O)N(c1cccc(Cl)c1)C1CCOC1=O. The summed E-state index contributed by atoms with van der Waals surface area (Å²) in [5.74, 6) is -1.55. The van der Waals surface area contributed by atoms with Gasteiger partial charge in [-0.15, -0.1) is 0 Å². The number of amides is 1. The molecule has 112 valence electrons. The number of halogens is 1. The van der Waals surface area contributed by atoms with Crippen LogP contribution < -0.4 is 4.90 Å². The Kier molecular flexibility index (Phi) is 4.80. The standard InChI is InChI=1S/C14H14ClNO5/c1-9(17)21-8-13(18)16(12-5-6-20-14(12)19)11-4-2-3-10(15)7-11/h2-4,7,12H,5-6,8H2,1H3. The highest BCUT2D eigenvalue weighted by molar-refractivity contribution is 6.31. The molecule has 1 aliphatic rings. The maximum Gasteiger partial charge on any atom is 0.329 e. The van der Waals surface area contributed by atoms with Crippen molar-refractivity contribution in [3.05, 3.63) is 29.3 Å². The summed E-state index contributed by atoms with van der Waals surface area (Å²) < 4.78 is 9.62. The third kappa shape index (κ3) is 3.72. The lowest BCUT2D eigenvalue weighted by Crippen LogP contribution is -2.45. The molecule has 0 aromatic heterocycles. The van der Waals surface area contributed by atoms with Crippen LogP contribution in [0.25, 0.3) is 0 Å². The summed E-state index contributed by atoms with van der Waals surface area (Å²) in [5.41, 5.74) is 0.462. The fourth-order valence-corrected chi connectivity index (χ4v) is 2.26. The first-order valence-electron chi connectivity index (χ1n) is 6.36. The minimum Gasteiger partial charge on any atom is -0.464 e. The van der Waals surface area contributed by atoms with E-state index >= 15 is 0 Å². The minimum atomic E-state index is -0.730. The second-order valence-electron chi connectivity index (χ2n) is 4.50. The van der Waals surface area contributed by atoms with Crippen LogP contribution >= 0.6 is 11.6 Å². The zero-order valence-corrected chi connectivity index (χ0v) is 12.1. The van der Waals surface area contributed by atoms with E-state index in [0.717, 1.165) is 0 Å². The third-order valence-electron chi connectivity index (χ3n) is 2.97. The molecule has 1 saturated heterocycles. The molecule has 7 heteroatoms. The van der Waals surface area contributed by atoms with Crippen LogP contribution in [-0.4, -0.2) is 37.1 Å². The van der Waals surface area contributed by atoms with Crippen LogP contribution in [-0.2, 0) is 23.9 Å². The van der Waals surface area contributed by atoms with Crippen LogP contribution in [0.15, 0.2) is 24.3 Å². The highest BCUT2D eigenvalue weighted by Gasteiger charge is 2.36. The summed E-state index contributed by atoms with van der Waals surface area (Å²) in [5, 5.41) is 0.434. The van der Waals surface area contributed by atoms with Gasteiger partial charge in [0.25, 0.3) is 5.91 Å². The molecule has 0 radical (unpaired) electrons. The summed E-state index contributed by atoms with van der Waals surface area (Å²) in [6, 6.07) is 5.82. The van der Waals surface area contributed by atoms with E-state index in [0.29, 0.717) is 17.1 Å². The summed E-state index contributed by atoms with van der Waals surface area (Å²) in [6.45, 7) is 1.02. The largest absolute Gasteiger partial charge is 0.464 e. The molecule has 1 amide bonds. The van der Waals surface area contributed by atoms with Gasteiger partial charge in [0, 0.05) is 24.1 Å². The van der Waals surface area contributed by atoms with E-state index in [9.17, 15) is 14.4 Å². The second kappa shape index (κ2) is 6.58. The summed E-state index contributed by atoms with van der Waals surface area (Å²) in [7, 11) is 0. The van der Waals surface area contributed by atoms with Crippen LogP contribution in [0.4, 0.5) is 5.69 Å². The zero-order chi connectivity index (χ0) is 15.4. The minimum absolute atomic E-state index is 0.251. The number of rotatable bonds is 4. The summed E-state index contributed by atoms with van der Waals surface area (Å²) in [6.07, 6.45) is 0.386. The topological polar surface area (TPSA) is 72.9 Å². The molecule has 1 atom stereocenters. The molecule has 0 bridgehead atoms. The number of anilines is 1. The van der Waals surface area contributed by atoms with Crippen LogP contribution in [0.3, 0.4) is 0 Å². The molecule has 1 fully saturated rings. The number of cyclic esters (lactones) is 1. The molecule has 1 aromatic carbocycles. The molecule has 0 saturated carbocycles. The third-order valence-corrected chi connectivity index (χ3v) is 3.21. The van der Waals surface area contributed by atoms with Crippen LogP contribution in [0.1, 0.15) is 13.3 Å². The van der Waals surface area contributed by atoms with Crippen molar-refractivity contribution in [1.29, 1.82) is 0 Å². The summed E-state index contributed by atoms with van der Waals surface area (Å²) in [4.78, 5) is 36.2. The molecule has 0 spiro atoms.